The number of hydrogen-bond acceptors (Lipinski definition) is 3. The molecule has 4 aromatic rings. The molecule has 0 N–H and O–H groups in total. The minimum absolute atomic E-state index is 0.268. The van der Waals surface area contributed by atoms with Crippen LogP contribution in [0, 0.1) is 5.82 Å². The van der Waals surface area contributed by atoms with Gasteiger partial charge in [-0.2, -0.15) is 0 Å². The van der Waals surface area contributed by atoms with Crippen LogP contribution in [-0.2, 0) is 12.3 Å². The third-order valence-electron chi connectivity index (χ3n) is 4.28. The highest BCUT2D eigenvalue weighted by Gasteiger charge is 2.15. The van der Waals surface area contributed by atoms with Crippen LogP contribution in [0.1, 0.15) is 11.1 Å². The average molecular weight is 410 g/mol. The van der Waals surface area contributed by atoms with E-state index in [1.54, 1.807) is 23.9 Å². The molecule has 1 heterocycles. The summed E-state index contributed by atoms with van der Waals surface area (Å²) in [4.78, 5) is 0. The molecule has 0 bridgehead atoms. The zero-order chi connectivity index (χ0) is 19.3. The zero-order valence-corrected chi connectivity index (χ0v) is 16.5. The molecule has 0 aliphatic carbocycles. The van der Waals surface area contributed by atoms with Crippen molar-refractivity contribution < 1.29 is 4.39 Å². The second-order valence-electron chi connectivity index (χ2n) is 6.30. The van der Waals surface area contributed by atoms with Crippen LogP contribution in [0.15, 0.2) is 84.0 Å². The summed E-state index contributed by atoms with van der Waals surface area (Å²) in [7, 11) is 0. The molecule has 0 radical (unpaired) electrons. The van der Waals surface area contributed by atoms with Crippen LogP contribution in [0.2, 0.25) is 5.02 Å². The van der Waals surface area contributed by atoms with Gasteiger partial charge in [-0.15, -0.1) is 10.2 Å². The highest BCUT2D eigenvalue weighted by Crippen LogP contribution is 2.28. The molecule has 0 saturated heterocycles. The van der Waals surface area contributed by atoms with Crippen molar-refractivity contribution in [3.8, 4) is 11.4 Å². The van der Waals surface area contributed by atoms with E-state index in [2.05, 4.69) is 26.9 Å². The summed E-state index contributed by atoms with van der Waals surface area (Å²) in [5.74, 6) is 1.21. The molecule has 4 rings (SSSR count). The Hall–Kier alpha value is -2.63. The van der Waals surface area contributed by atoms with E-state index in [-0.39, 0.29) is 5.82 Å². The Kier molecular flexibility index (Phi) is 5.74. The van der Waals surface area contributed by atoms with Crippen molar-refractivity contribution in [2.24, 2.45) is 0 Å². The first-order valence-corrected chi connectivity index (χ1v) is 10.2. The van der Waals surface area contributed by atoms with E-state index in [4.69, 9.17) is 11.6 Å². The Morgan fingerprint density at radius 1 is 0.821 bits per heavy atom. The molecular weight excluding hydrogens is 393 g/mol. The summed E-state index contributed by atoms with van der Waals surface area (Å²) in [6.07, 6.45) is 0. The maximum Gasteiger partial charge on any atom is 0.192 e. The fraction of sp³-hybridized carbons (Fsp3) is 0.0909. The molecule has 3 nitrogen and oxygen atoms in total. The Bertz CT molecular complexity index is 1050. The lowest BCUT2D eigenvalue weighted by atomic mass is 10.2. The van der Waals surface area contributed by atoms with Crippen molar-refractivity contribution in [2.45, 2.75) is 17.5 Å². The fourth-order valence-electron chi connectivity index (χ4n) is 2.85. The summed E-state index contributed by atoms with van der Waals surface area (Å²) in [6.45, 7) is 0.642. The molecule has 0 aliphatic rings. The number of aromatic nitrogens is 3. The first-order chi connectivity index (χ1) is 13.7. The summed E-state index contributed by atoms with van der Waals surface area (Å²) in [6, 6.07) is 24.3. The van der Waals surface area contributed by atoms with E-state index < -0.39 is 0 Å². The van der Waals surface area contributed by atoms with Crippen molar-refractivity contribution in [1.82, 2.24) is 14.8 Å². The summed E-state index contributed by atoms with van der Waals surface area (Å²) in [5, 5.41) is 10.3. The lowest BCUT2D eigenvalue weighted by Gasteiger charge is -2.11. The first kappa shape index (κ1) is 18.7. The van der Waals surface area contributed by atoms with E-state index in [1.165, 1.54) is 12.1 Å². The second kappa shape index (κ2) is 8.59. The highest BCUT2D eigenvalue weighted by molar-refractivity contribution is 7.98. The number of rotatable bonds is 6. The molecule has 0 atom stereocenters. The lowest BCUT2D eigenvalue weighted by Crippen LogP contribution is -2.04. The molecule has 0 fully saturated rings. The van der Waals surface area contributed by atoms with Gasteiger partial charge in [0.05, 0.1) is 6.54 Å². The van der Waals surface area contributed by atoms with Gasteiger partial charge in [-0.3, -0.25) is 4.57 Å². The van der Waals surface area contributed by atoms with Crippen molar-refractivity contribution in [3.63, 3.8) is 0 Å². The van der Waals surface area contributed by atoms with Crippen LogP contribution < -0.4 is 0 Å². The second-order valence-corrected chi connectivity index (χ2v) is 7.68. The Labute approximate surface area is 172 Å². The van der Waals surface area contributed by atoms with E-state index in [9.17, 15) is 4.39 Å². The molecule has 0 aliphatic heterocycles. The van der Waals surface area contributed by atoms with Gasteiger partial charge >= 0.3 is 0 Å². The van der Waals surface area contributed by atoms with Gasteiger partial charge in [0, 0.05) is 16.3 Å². The van der Waals surface area contributed by atoms with Crippen molar-refractivity contribution in [3.05, 3.63) is 101 Å². The maximum atomic E-state index is 13.3. The fourth-order valence-corrected chi connectivity index (χ4v) is 3.86. The molecule has 140 valence electrons. The molecule has 0 spiro atoms. The monoisotopic (exact) mass is 409 g/mol. The normalized spacial score (nSPS) is 10.9. The molecule has 1 aromatic heterocycles. The van der Waals surface area contributed by atoms with Gasteiger partial charge in [0.25, 0.3) is 0 Å². The molecule has 28 heavy (non-hydrogen) atoms. The average Bonchev–Trinajstić information content (AvgIpc) is 3.11. The van der Waals surface area contributed by atoms with Gasteiger partial charge in [0.1, 0.15) is 5.82 Å². The molecule has 6 heteroatoms. The number of thioether (sulfide) groups is 1. The first-order valence-electron chi connectivity index (χ1n) is 8.79. The van der Waals surface area contributed by atoms with Gasteiger partial charge in [-0.05, 0) is 47.5 Å². The number of hydrogen-bond donors (Lipinski definition) is 0. The van der Waals surface area contributed by atoms with Crippen LogP contribution in [0.5, 0.6) is 0 Å². The smallest absolute Gasteiger partial charge is 0.192 e. The Morgan fingerprint density at radius 2 is 1.54 bits per heavy atom. The predicted octanol–water partition coefficient (Wildman–Crippen LogP) is 6.08. The van der Waals surface area contributed by atoms with Crippen LogP contribution >= 0.6 is 23.4 Å². The maximum absolute atomic E-state index is 13.3. The molecule has 3 aromatic carbocycles. The van der Waals surface area contributed by atoms with Gasteiger partial charge < -0.3 is 0 Å². The van der Waals surface area contributed by atoms with E-state index >= 15 is 0 Å². The van der Waals surface area contributed by atoms with Gasteiger partial charge in [-0.25, -0.2) is 4.39 Å². The summed E-state index contributed by atoms with van der Waals surface area (Å²) < 4.78 is 15.4. The SMILES string of the molecule is Fc1ccc(-c2nnc(SCc3ccc(Cl)cc3)n2Cc2ccccc2)cc1. The predicted molar refractivity (Wildman–Crippen MR) is 112 cm³/mol. The Balaban J connectivity index is 1.65. The third kappa shape index (κ3) is 4.43. The third-order valence-corrected chi connectivity index (χ3v) is 5.57. The minimum atomic E-state index is -0.268. The summed E-state index contributed by atoms with van der Waals surface area (Å²) in [5.41, 5.74) is 3.15. The molecule has 0 unspecified atom stereocenters. The number of benzene rings is 3. The molecular formula is C22H17ClFN3S. The van der Waals surface area contributed by atoms with Crippen molar-refractivity contribution in [2.75, 3.05) is 0 Å². The van der Waals surface area contributed by atoms with Crippen molar-refractivity contribution >= 4 is 23.4 Å². The van der Waals surface area contributed by atoms with Crippen molar-refractivity contribution in [1.29, 1.82) is 0 Å². The topological polar surface area (TPSA) is 30.7 Å². The summed E-state index contributed by atoms with van der Waals surface area (Å²) >= 11 is 7.58. The van der Waals surface area contributed by atoms with Gasteiger partial charge in [0.2, 0.25) is 0 Å². The van der Waals surface area contributed by atoms with Crippen LogP contribution in [0.3, 0.4) is 0 Å². The molecule has 0 amide bonds. The lowest BCUT2D eigenvalue weighted by molar-refractivity contribution is 0.628. The van der Waals surface area contributed by atoms with Crippen LogP contribution in [-0.4, -0.2) is 14.8 Å². The standard InChI is InChI=1S/C22H17ClFN3S/c23-19-10-6-17(7-11-19)15-28-22-26-25-21(18-8-12-20(24)13-9-18)27(22)14-16-4-2-1-3-5-16/h1-13H,14-15H2. The van der Waals surface area contributed by atoms with Crippen LogP contribution in [0.25, 0.3) is 11.4 Å². The van der Waals surface area contributed by atoms with E-state index in [0.717, 1.165) is 38.4 Å². The molecule has 0 saturated carbocycles. The highest BCUT2D eigenvalue weighted by atomic mass is 35.5. The quantitative estimate of drug-likeness (QED) is 0.361. The minimum Gasteiger partial charge on any atom is -0.298 e. The number of halogens is 2. The van der Waals surface area contributed by atoms with E-state index in [1.807, 2.05) is 42.5 Å². The number of nitrogens with zero attached hydrogens (tertiary/aromatic N) is 3. The Morgan fingerprint density at radius 3 is 2.25 bits per heavy atom. The van der Waals surface area contributed by atoms with Gasteiger partial charge in [0.15, 0.2) is 11.0 Å². The van der Waals surface area contributed by atoms with Gasteiger partial charge in [-0.1, -0.05) is 65.8 Å². The van der Waals surface area contributed by atoms with Crippen LogP contribution in [0.4, 0.5) is 4.39 Å². The largest absolute Gasteiger partial charge is 0.298 e. The zero-order valence-electron chi connectivity index (χ0n) is 14.9. The van der Waals surface area contributed by atoms with E-state index in [0.29, 0.717) is 6.54 Å².